The number of amides is 1. The summed E-state index contributed by atoms with van der Waals surface area (Å²) in [4.78, 5) is 12.6. The third-order valence-corrected chi connectivity index (χ3v) is 4.60. The molecule has 1 unspecified atom stereocenters. The Morgan fingerprint density at radius 3 is 2.64 bits per heavy atom. The molecule has 0 fully saturated rings. The van der Waals surface area contributed by atoms with E-state index in [2.05, 4.69) is 21.2 Å². The van der Waals surface area contributed by atoms with E-state index in [-0.39, 0.29) is 17.7 Å². The summed E-state index contributed by atoms with van der Waals surface area (Å²) in [5, 5.41) is 3.80. The van der Waals surface area contributed by atoms with Crippen LogP contribution in [0.4, 0.5) is 0 Å². The Kier molecular flexibility index (Phi) is 4.99. The van der Waals surface area contributed by atoms with E-state index in [0.717, 1.165) is 15.4 Å². The molecule has 1 aromatic heterocycles. The second-order valence-corrected chi connectivity index (χ2v) is 6.43. The van der Waals surface area contributed by atoms with Crippen LogP contribution in [0.1, 0.15) is 29.1 Å². The predicted molar refractivity (Wildman–Crippen MR) is 99.3 cm³/mol. The van der Waals surface area contributed by atoms with Crippen LogP contribution in [0.15, 0.2) is 51.4 Å². The molecule has 130 valence electrons. The number of benzene rings is 2. The summed E-state index contributed by atoms with van der Waals surface area (Å²) in [6.45, 7) is 1.88. The Bertz CT molecular complexity index is 919. The van der Waals surface area contributed by atoms with Gasteiger partial charge in [-0.1, -0.05) is 12.1 Å². The lowest BCUT2D eigenvalue weighted by Crippen LogP contribution is -2.26. The molecule has 1 amide bonds. The third-order valence-electron chi connectivity index (χ3n) is 3.97. The number of carbonyl (C=O) groups is 1. The summed E-state index contributed by atoms with van der Waals surface area (Å²) >= 11 is 3.43. The van der Waals surface area contributed by atoms with Crippen molar-refractivity contribution in [1.29, 1.82) is 0 Å². The summed E-state index contributed by atoms with van der Waals surface area (Å²) in [7, 11) is 3.19. The lowest BCUT2D eigenvalue weighted by molar-refractivity contribution is 0.0913. The van der Waals surface area contributed by atoms with E-state index in [1.807, 2.05) is 43.3 Å². The fraction of sp³-hybridized carbons (Fsp3) is 0.211. The van der Waals surface area contributed by atoms with E-state index in [0.29, 0.717) is 17.1 Å². The summed E-state index contributed by atoms with van der Waals surface area (Å²) in [5.74, 6) is 1.35. The molecule has 0 aliphatic rings. The highest BCUT2D eigenvalue weighted by Gasteiger charge is 2.19. The molecule has 0 aliphatic heterocycles. The van der Waals surface area contributed by atoms with Gasteiger partial charge in [0.05, 0.1) is 24.7 Å². The van der Waals surface area contributed by atoms with E-state index in [4.69, 9.17) is 13.9 Å². The maximum atomic E-state index is 12.6. The topological polar surface area (TPSA) is 60.7 Å². The lowest BCUT2D eigenvalue weighted by Gasteiger charge is -2.17. The lowest BCUT2D eigenvalue weighted by atomic mass is 10.1. The number of para-hydroxylation sites is 1. The maximum absolute atomic E-state index is 12.6. The number of hydrogen-bond acceptors (Lipinski definition) is 4. The normalized spacial score (nSPS) is 12.0. The standard InChI is InChI=1S/C19H18BrNO4/c1-11(14-10-13(23-2)7-8-16(14)24-3)21-19(22)17-9-12-5-4-6-15(20)18(12)25-17/h4-11H,1-3H3,(H,21,22). The van der Waals surface area contributed by atoms with Gasteiger partial charge in [0.15, 0.2) is 5.76 Å². The van der Waals surface area contributed by atoms with Crippen LogP contribution in [0, 0.1) is 0 Å². The van der Waals surface area contributed by atoms with E-state index in [1.165, 1.54) is 0 Å². The first-order valence-electron chi connectivity index (χ1n) is 7.74. The van der Waals surface area contributed by atoms with Crippen LogP contribution in [0.25, 0.3) is 11.0 Å². The van der Waals surface area contributed by atoms with Crippen LogP contribution in [-0.2, 0) is 0 Å². The minimum Gasteiger partial charge on any atom is -0.497 e. The molecule has 1 N–H and O–H groups in total. The van der Waals surface area contributed by atoms with Crippen molar-refractivity contribution >= 4 is 32.8 Å². The average molecular weight is 404 g/mol. The molecule has 0 aliphatic carbocycles. The molecule has 1 heterocycles. The van der Waals surface area contributed by atoms with Crippen LogP contribution >= 0.6 is 15.9 Å². The number of rotatable bonds is 5. The van der Waals surface area contributed by atoms with Crippen molar-refractivity contribution in [2.45, 2.75) is 13.0 Å². The Balaban J connectivity index is 1.85. The molecule has 0 spiro atoms. The van der Waals surface area contributed by atoms with Crippen LogP contribution in [0.5, 0.6) is 11.5 Å². The van der Waals surface area contributed by atoms with Gasteiger partial charge in [-0.3, -0.25) is 4.79 Å². The molecule has 0 bridgehead atoms. The Hall–Kier alpha value is -2.47. The van der Waals surface area contributed by atoms with E-state index >= 15 is 0 Å². The highest BCUT2D eigenvalue weighted by molar-refractivity contribution is 9.10. The first-order valence-corrected chi connectivity index (χ1v) is 8.53. The smallest absolute Gasteiger partial charge is 0.287 e. The first-order chi connectivity index (χ1) is 12.0. The van der Waals surface area contributed by atoms with Gasteiger partial charge in [0, 0.05) is 10.9 Å². The van der Waals surface area contributed by atoms with Gasteiger partial charge in [-0.15, -0.1) is 0 Å². The van der Waals surface area contributed by atoms with Gasteiger partial charge in [-0.25, -0.2) is 0 Å². The molecular formula is C19H18BrNO4. The largest absolute Gasteiger partial charge is 0.497 e. The highest BCUT2D eigenvalue weighted by atomic mass is 79.9. The molecular weight excluding hydrogens is 386 g/mol. The number of ether oxygens (including phenoxy) is 2. The monoisotopic (exact) mass is 403 g/mol. The Morgan fingerprint density at radius 1 is 1.16 bits per heavy atom. The first kappa shape index (κ1) is 17.4. The zero-order valence-electron chi connectivity index (χ0n) is 14.1. The second kappa shape index (κ2) is 7.19. The van der Waals surface area contributed by atoms with Crippen LogP contribution in [-0.4, -0.2) is 20.1 Å². The molecule has 0 saturated carbocycles. The van der Waals surface area contributed by atoms with Gasteiger partial charge in [0.1, 0.15) is 17.1 Å². The zero-order chi connectivity index (χ0) is 18.0. The van der Waals surface area contributed by atoms with Crippen molar-refractivity contribution in [2.75, 3.05) is 14.2 Å². The maximum Gasteiger partial charge on any atom is 0.287 e. The van der Waals surface area contributed by atoms with Gasteiger partial charge in [-0.2, -0.15) is 0 Å². The molecule has 25 heavy (non-hydrogen) atoms. The van der Waals surface area contributed by atoms with Crippen LogP contribution < -0.4 is 14.8 Å². The van der Waals surface area contributed by atoms with Crippen molar-refractivity contribution < 1.29 is 18.7 Å². The van der Waals surface area contributed by atoms with Gasteiger partial charge in [0.25, 0.3) is 5.91 Å². The van der Waals surface area contributed by atoms with Gasteiger partial charge >= 0.3 is 0 Å². The Morgan fingerprint density at radius 2 is 1.96 bits per heavy atom. The number of halogens is 1. The fourth-order valence-electron chi connectivity index (χ4n) is 2.66. The van der Waals surface area contributed by atoms with Crippen molar-refractivity contribution in [3.63, 3.8) is 0 Å². The molecule has 1 atom stereocenters. The number of carbonyl (C=O) groups excluding carboxylic acids is 1. The minimum atomic E-state index is -0.291. The van der Waals surface area contributed by atoms with Crippen molar-refractivity contribution in [2.24, 2.45) is 0 Å². The number of furan rings is 1. The van der Waals surface area contributed by atoms with E-state index in [1.54, 1.807) is 20.3 Å². The van der Waals surface area contributed by atoms with E-state index in [9.17, 15) is 4.79 Å². The van der Waals surface area contributed by atoms with E-state index < -0.39 is 0 Å². The summed E-state index contributed by atoms with van der Waals surface area (Å²) < 4.78 is 17.1. The number of methoxy groups -OCH3 is 2. The fourth-order valence-corrected chi connectivity index (χ4v) is 3.13. The third kappa shape index (κ3) is 3.49. The molecule has 6 heteroatoms. The molecule has 0 saturated heterocycles. The van der Waals surface area contributed by atoms with Gasteiger partial charge in [0.2, 0.25) is 0 Å². The molecule has 2 aromatic carbocycles. The number of hydrogen-bond donors (Lipinski definition) is 1. The summed E-state index contributed by atoms with van der Waals surface area (Å²) in [6, 6.07) is 12.6. The minimum absolute atomic E-state index is 0.260. The highest BCUT2D eigenvalue weighted by Crippen LogP contribution is 2.30. The van der Waals surface area contributed by atoms with Crippen molar-refractivity contribution in [3.05, 3.63) is 58.3 Å². The summed E-state index contributed by atoms with van der Waals surface area (Å²) in [6.07, 6.45) is 0. The van der Waals surface area contributed by atoms with Crippen molar-refractivity contribution in [1.82, 2.24) is 5.32 Å². The quantitative estimate of drug-likeness (QED) is 0.670. The number of nitrogens with one attached hydrogen (secondary N) is 1. The molecule has 5 nitrogen and oxygen atoms in total. The van der Waals surface area contributed by atoms with Gasteiger partial charge in [-0.05, 0) is 53.2 Å². The predicted octanol–water partition coefficient (Wildman–Crippen LogP) is 4.70. The molecule has 3 aromatic rings. The van der Waals surface area contributed by atoms with Crippen LogP contribution in [0.2, 0.25) is 0 Å². The van der Waals surface area contributed by atoms with Gasteiger partial charge < -0.3 is 19.2 Å². The van der Waals surface area contributed by atoms with Crippen LogP contribution in [0.3, 0.4) is 0 Å². The molecule has 0 radical (unpaired) electrons. The average Bonchev–Trinajstić information content (AvgIpc) is 3.07. The zero-order valence-corrected chi connectivity index (χ0v) is 15.7. The summed E-state index contributed by atoms with van der Waals surface area (Å²) in [5.41, 5.74) is 1.48. The second-order valence-electron chi connectivity index (χ2n) is 5.57. The SMILES string of the molecule is COc1ccc(OC)c(C(C)NC(=O)c2cc3cccc(Br)c3o2)c1. The van der Waals surface area contributed by atoms with Crippen molar-refractivity contribution in [3.8, 4) is 11.5 Å². The number of fused-ring (bicyclic) bond motifs is 1. The molecule has 3 rings (SSSR count). The Labute approximate surface area is 154 Å².